The summed E-state index contributed by atoms with van der Waals surface area (Å²) in [4.78, 5) is 44.0. The zero-order valence-corrected chi connectivity index (χ0v) is 90.3. The quantitative estimate of drug-likeness (QED) is 0.0170. The summed E-state index contributed by atoms with van der Waals surface area (Å²) in [5.74, 6) is 8.82. The zero-order valence-electron chi connectivity index (χ0n) is 87.7. The molecule has 1 saturated heterocycles. The number of aryl methyl sites for hydroxylation is 2. The maximum atomic E-state index is 12.6. The molecule has 0 aromatic heterocycles. The van der Waals surface area contributed by atoms with E-state index in [4.69, 9.17) is 54.1 Å². The number of aliphatic hydroxyl groups is 2. The molecule has 24 atom stereocenters. The van der Waals surface area contributed by atoms with Gasteiger partial charge in [0.1, 0.15) is 0 Å². The number of carbonyl (C=O) groups excluding carboxylic acids is 4. The molecule has 7 fully saturated rings. The van der Waals surface area contributed by atoms with Crippen molar-refractivity contribution >= 4 is 44.1 Å². The number of benzene rings is 2. The van der Waals surface area contributed by atoms with Gasteiger partial charge in [0, 0.05) is 49.7 Å². The third-order valence-corrected chi connectivity index (χ3v) is 31.0. The second-order valence-electron chi connectivity index (χ2n) is 45.0. The number of rotatable bonds is 26. The average Bonchev–Trinajstić information content (AvgIpc) is 1.59. The maximum Gasteiger partial charge on any atom is 2.00 e. The molecule has 28 heteroatoms. The van der Waals surface area contributed by atoms with Gasteiger partial charge in [0.15, 0.2) is 0 Å². The van der Waals surface area contributed by atoms with Gasteiger partial charge in [-0.2, -0.15) is 16.8 Å². The Morgan fingerprint density at radius 1 is 0.380 bits per heavy atom. The topological polar surface area (TPSA) is 322 Å². The Kier molecular flexibility index (Phi) is 50.1. The molecule has 14 aliphatic rings. The van der Waals surface area contributed by atoms with Crippen molar-refractivity contribution in [2.24, 2.45) is 142 Å². The summed E-state index contributed by atoms with van der Waals surface area (Å²) in [7, 11) is -2.60. The van der Waals surface area contributed by atoms with E-state index in [1.54, 1.807) is 24.3 Å². The molecule has 2 aromatic carbocycles. The zero-order chi connectivity index (χ0) is 98.9. The predicted octanol–water partition coefficient (Wildman–Crippen LogP) is 14.0. The molecule has 6 saturated carbocycles. The van der Waals surface area contributed by atoms with Crippen molar-refractivity contribution in [1.82, 2.24) is 10.6 Å². The van der Waals surface area contributed by atoms with Crippen LogP contribution < -0.4 is 48.4 Å². The molecule has 24 unspecified atom stereocenters. The van der Waals surface area contributed by atoms with E-state index in [1.165, 1.54) is 84.8 Å². The third-order valence-electron chi connectivity index (χ3n) is 28.4. The Morgan fingerprint density at radius 3 is 0.847 bits per heavy atom. The fourth-order valence-electron chi connectivity index (χ4n) is 21.0. The van der Waals surface area contributed by atoms with E-state index in [0.717, 1.165) is 172 Å². The molecular formula is C109H168CoLi2N6O17S2. The van der Waals surface area contributed by atoms with Crippen LogP contribution >= 0.6 is 0 Å². The van der Waals surface area contributed by atoms with Gasteiger partial charge < -0.3 is 65.8 Å². The van der Waals surface area contributed by atoms with Crippen molar-refractivity contribution in [3.05, 3.63) is 190 Å². The van der Waals surface area contributed by atoms with E-state index in [9.17, 15) is 36.0 Å². The fourth-order valence-corrected chi connectivity index (χ4v) is 22.9. The van der Waals surface area contributed by atoms with Crippen LogP contribution in [0.3, 0.4) is 0 Å². The number of allylic oxidation sites excluding steroid dienone is 16. The summed E-state index contributed by atoms with van der Waals surface area (Å²) in [5, 5.41) is 45.0. The minimum atomic E-state index is -3.88. The Balaban J connectivity index is 0.000000283. The number of carbonyl (C=O) groups is 4. The number of methoxy groups -OCH3 is 4. The smallest absolute Gasteiger partial charge is 0.657 e. The molecule has 1 heterocycles. The average molecular weight is 1970 g/mol. The maximum absolute atomic E-state index is 12.6. The first-order valence-corrected chi connectivity index (χ1v) is 52.1. The molecule has 137 heavy (non-hydrogen) atoms. The van der Waals surface area contributed by atoms with Gasteiger partial charge in [0.25, 0.3) is 20.2 Å². The van der Waals surface area contributed by atoms with Gasteiger partial charge in [-0.1, -0.05) is 239 Å². The van der Waals surface area contributed by atoms with E-state index >= 15 is 0 Å². The minimum absolute atomic E-state index is 0. The summed E-state index contributed by atoms with van der Waals surface area (Å²) in [6.45, 7) is 52.6. The Bertz CT molecular complexity index is 4120. The molecule has 0 amide bonds. The molecule has 759 valence electrons. The molecular weight excluding hydrogens is 1800 g/mol. The van der Waals surface area contributed by atoms with Crippen molar-refractivity contribution < 1.29 is 133 Å². The largest absolute Gasteiger partial charge is 2.00 e. The number of ether oxygens (including phenoxy) is 5. The first-order valence-electron chi connectivity index (χ1n) is 49.3. The molecule has 1 aliphatic heterocycles. The third kappa shape index (κ3) is 39.2. The number of nitrogens with zero attached hydrogens (tertiary/aromatic N) is 4. The Hall–Kier alpha value is -4.86. The van der Waals surface area contributed by atoms with Gasteiger partial charge in [0.2, 0.25) is 0 Å². The summed E-state index contributed by atoms with van der Waals surface area (Å²) in [6, 6.07) is 13.0. The van der Waals surface area contributed by atoms with Gasteiger partial charge in [-0.25, -0.2) is 9.59 Å². The molecule has 13 aliphatic carbocycles. The number of esters is 4. The number of hydrogen-bond donors (Lipinski definition) is 4. The van der Waals surface area contributed by atoms with Gasteiger partial charge in [-0.05, 0) is 257 Å². The van der Waals surface area contributed by atoms with Gasteiger partial charge in [-0.3, -0.25) is 18.0 Å². The fraction of sp³-hybridized carbons (Fsp3) is 0.688. The molecule has 23 nitrogen and oxygen atoms in total. The molecule has 4 N–H and O–H groups in total. The van der Waals surface area contributed by atoms with Crippen LogP contribution in [0.5, 0.6) is 0 Å². The van der Waals surface area contributed by atoms with E-state index in [-0.39, 0.29) is 183 Å². The SMILES string of the molecule is C1=CCC=C1.C1CCOC1.CC(C)(C)NCC1C2C=CC(C2)C1CNC(C)(C)C.CC(C)(C)[N-]CC1C2C=CC(C2)C1C[N-]C(C)(C)C.CC(C)(C)[N-]CC1C2C=CC(C2)C1C[N-]C(C)(C)C.COC(=O)/C=C/C(=O)OC.COC(=O)C1C2C=CC(C2)C1C(=O)OC.Cc1ccc(S(=O)(=O)OCC2C3C=CC(C3)C2COS(=O)(=O)c2ccc(C)cc2)cc1.OCC1C2C=CC(C2)C1CO.[Co+2].[Li+].[Li+]. The second kappa shape index (κ2) is 56.0. The van der Waals surface area contributed by atoms with Crippen molar-refractivity contribution in [2.75, 3.05) is 107 Å². The van der Waals surface area contributed by atoms with Crippen molar-refractivity contribution in [2.45, 2.75) is 239 Å². The molecule has 2 aromatic rings. The first-order chi connectivity index (χ1) is 62.9. The van der Waals surface area contributed by atoms with Crippen LogP contribution in [0, 0.1) is 156 Å². The summed E-state index contributed by atoms with van der Waals surface area (Å²) in [5.41, 5.74) is 2.76. The molecule has 0 spiro atoms. The first kappa shape index (κ1) is 123. The van der Waals surface area contributed by atoms with E-state index in [2.05, 4.69) is 230 Å². The normalized spacial score (nSPS) is 29.9. The standard InChI is InChI=1S/C23H26O6S2.C17H32N2.2C17H30N2.C11H14O4.C9H14O2.C6H8O4.C5H6.C4H8O.Co.2Li/c1-16-3-9-20(10-4-16)30(24,25)28-14-22-18-7-8-19(13-18)23(22)15-29-31(26,27)21-11-5-17(2)6-12-21;3*1-16(2,3)18-10-14-12-7-8-13(9-12)15(14)11-19-17(4,5)6;1-14-10(12)8-6-3-4-7(5-6)9(8)11(13)15-2;10-4-8-6-1-2-7(3-6)9(8)5-11;1-9-5(7)3-4-6(8)10-2;2*1-2-4-5-3-1;;;/h3-12,18-19,22-23H,13-15H2,1-2H3;7-8,12-15,18-19H,9-11H2,1-6H3;2*7-8,12-15H,9-11H2,1-6H3;3-4,6-9H,5H2,1-2H3;1-2,6-11H,3-5H2;3-4H,1-2H3;1-4H,5H2;1-4H2;;;/q;;2*-2;;;;;;+2;2*+1/b;;;;;;4-3+;;;;;. The summed E-state index contributed by atoms with van der Waals surface area (Å²) >= 11 is 0. The number of fused-ring (bicyclic) bond motifs is 12. The molecule has 16 rings (SSSR count). The van der Waals surface area contributed by atoms with E-state index < -0.39 is 32.2 Å². The van der Waals surface area contributed by atoms with E-state index in [1.807, 2.05) is 26.0 Å². The van der Waals surface area contributed by atoms with Crippen LogP contribution in [-0.2, 0) is 88.2 Å². The number of hydrogen-bond acceptors (Lipinski definition) is 19. The second-order valence-corrected chi connectivity index (χ2v) is 48.2. The van der Waals surface area contributed by atoms with Crippen LogP contribution in [-0.4, -0.2) is 192 Å². The van der Waals surface area contributed by atoms with Gasteiger partial charge in [-0.15, -0.1) is 48.3 Å². The minimum Gasteiger partial charge on any atom is -0.657 e. The van der Waals surface area contributed by atoms with Crippen LogP contribution in [0.2, 0.25) is 0 Å². The van der Waals surface area contributed by atoms with Gasteiger partial charge in [0.05, 0.1) is 63.3 Å². The molecule has 1 radical (unpaired) electrons. The number of aliphatic hydroxyl groups excluding tert-OH is 2. The van der Waals surface area contributed by atoms with Crippen molar-refractivity contribution in [3.63, 3.8) is 0 Å². The predicted molar refractivity (Wildman–Crippen MR) is 537 cm³/mol. The van der Waals surface area contributed by atoms with Crippen LogP contribution in [0.15, 0.2) is 168 Å². The van der Waals surface area contributed by atoms with Crippen molar-refractivity contribution in [1.29, 1.82) is 0 Å². The number of nitrogens with one attached hydrogen (secondary N) is 2. The Morgan fingerprint density at radius 2 is 0.628 bits per heavy atom. The monoisotopic (exact) mass is 1970 g/mol. The summed E-state index contributed by atoms with van der Waals surface area (Å²) in [6.07, 6.45) is 48.2. The Labute approximate surface area is 860 Å². The molecule has 12 bridgehead atoms. The van der Waals surface area contributed by atoms with Crippen LogP contribution in [0.4, 0.5) is 0 Å². The van der Waals surface area contributed by atoms with Crippen molar-refractivity contribution in [3.8, 4) is 0 Å². The van der Waals surface area contributed by atoms with E-state index in [0.29, 0.717) is 23.7 Å². The van der Waals surface area contributed by atoms with Gasteiger partial charge >= 0.3 is 78.4 Å². The van der Waals surface area contributed by atoms with Crippen LogP contribution in [0.25, 0.3) is 21.3 Å². The summed E-state index contributed by atoms with van der Waals surface area (Å²) < 4.78 is 83.9. The van der Waals surface area contributed by atoms with Crippen LogP contribution in [0.1, 0.15) is 194 Å².